The molecule has 0 atom stereocenters. The molecule has 18 heavy (non-hydrogen) atoms. The number of carbonyl (C=O) groups is 1. The number of ketones is 1. The van der Waals surface area contributed by atoms with Crippen molar-refractivity contribution in [2.24, 2.45) is 16.0 Å². The fourth-order valence-corrected chi connectivity index (χ4v) is 1.44. The second kappa shape index (κ2) is 5.84. The lowest BCUT2D eigenvalue weighted by Gasteiger charge is -1.97. The standard InChI is InChI=1S/C14H13N3O/c15-10-14(18)11-6-8-13(9-7-11)17-16-12-4-2-1-3-5-12/h1-9H,10,15H2. The van der Waals surface area contributed by atoms with Gasteiger partial charge in [-0.25, -0.2) is 0 Å². The second-order valence-corrected chi connectivity index (χ2v) is 3.71. The summed E-state index contributed by atoms with van der Waals surface area (Å²) in [6.07, 6.45) is 0. The van der Waals surface area contributed by atoms with Gasteiger partial charge in [-0.1, -0.05) is 18.2 Å². The van der Waals surface area contributed by atoms with Gasteiger partial charge in [-0.15, -0.1) is 0 Å². The fourth-order valence-electron chi connectivity index (χ4n) is 1.44. The predicted octanol–water partition coefficient (Wildman–Crippen LogP) is 3.24. The molecule has 0 saturated heterocycles. The van der Waals surface area contributed by atoms with Gasteiger partial charge in [0, 0.05) is 5.56 Å². The van der Waals surface area contributed by atoms with Crippen molar-refractivity contribution in [3.63, 3.8) is 0 Å². The lowest BCUT2D eigenvalue weighted by atomic mass is 10.1. The van der Waals surface area contributed by atoms with Crippen molar-refractivity contribution >= 4 is 17.2 Å². The molecule has 0 aliphatic rings. The minimum atomic E-state index is -0.0819. The molecular weight excluding hydrogens is 226 g/mol. The molecule has 0 aliphatic carbocycles. The quantitative estimate of drug-likeness (QED) is 0.657. The van der Waals surface area contributed by atoms with Crippen LogP contribution in [0.5, 0.6) is 0 Å². The average molecular weight is 239 g/mol. The van der Waals surface area contributed by atoms with E-state index in [9.17, 15) is 4.79 Å². The molecule has 0 heterocycles. The van der Waals surface area contributed by atoms with E-state index in [0.29, 0.717) is 11.3 Å². The SMILES string of the molecule is NCC(=O)c1ccc(N=Nc2ccccc2)cc1. The molecule has 4 heteroatoms. The Morgan fingerprint density at radius 3 is 2.00 bits per heavy atom. The third-order valence-corrected chi connectivity index (χ3v) is 2.41. The van der Waals surface area contributed by atoms with Gasteiger partial charge in [0.25, 0.3) is 0 Å². The van der Waals surface area contributed by atoms with Gasteiger partial charge >= 0.3 is 0 Å². The van der Waals surface area contributed by atoms with Crippen LogP contribution in [0.2, 0.25) is 0 Å². The van der Waals surface area contributed by atoms with E-state index in [4.69, 9.17) is 5.73 Å². The Morgan fingerprint density at radius 1 is 0.889 bits per heavy atom. The summed E-state index contributed by atoms with van der Waals surface area (Å²) in [4.78, 5) is 11.3. The molecule has 0 aliphatic heterocycles. The minimum Gasteiger partial charge on any atom is -0.324 e. The molecule has 0 radical (unpaired) electrons. The van der Waals surface area contributed by atoms with Gasteiger partial charge < -0.3 is 5.73 Å². The first-order valence-corrected chi connectivity index (χ1v) is 5.60. The number of rotatable bonds is 4. The van der Waals surface area contributed by atoms with Crippen molar-refractivity contribution in [1.29, 1.82) is 0 Å². The second-order valence-electron chi connectivity index (χ2n) is 3.71. The van der Waals surface area contributed by atoms with Gasteiger partial charge in [0.15, 0.2) is 5.78 Å². The van der Waals surface area contributed by atoms with Crippen molar-refractivity contribution < 1.29 is 4.79 Å². The van der Waals surface area contributed by atoms with E-state index in [1.165, 1.54) is 0 Å². The summed E-state index contributed by atoms with van der Waals surface area (Å²) in [6, 6.07) is 16.4. The first-order valence-electron chi connectivity index (χ1n) is 5.60. The summed E-state index contributed by atoms with van der Waals surface area (Å²) in [5, 5.41) is 8.17. The first kappa shape index (κ1) is 12.1. The monoisotopic (exact) mass is 239 g/mol. The fraction of sp³-hybridized carbons (Fsp3) is 0.0714. The molecule has 2 rings (SSSR count). The molecule has 2 aromatic carbocycles. The Balaban J connectivity index is 2.11. The van der Waals surface area contributed by atoms with Crippen LogP contribution >= 0.6 is 0 Å². The topological polar surface area (TPSA) is 67.8 Å². The van der Waals surface area contributed by atoms with Crippen LogP contribution in [0.3, 0.4) is 0 Å². The summed E-state index contributed by atoms with van der Waals surface area (Å²) in [5.74, 6) is -0.0819. The molecule has 0 fully saturated rings. The van der Waals surface area contributed by atoms with Crippen molar-refractivity contribution in [3.05, 3.63) is 60.2 Å². The molecule has 90 valence electrons. The summed E-state index contributed by atoms with van der Waals surface area (Å²) in [6.45, 7) is 0.0187. The maximum atomic E-state index is 11.3. The van der Waals surface area contributed by atoms with Crippen molar-refractivity contribution in [1.82, 2.24) is 0 Å². The number of hydrogen-bond acceptors (Lipinski definition) is 4. The van der Waals surface area contributed by atoms with Gasteiger partial charge in [0.05, 0.1) is 17.9 Å². The van der Waals surface area contributed by atoms with Crippen LogP contribution in [0, 0.1) is 0 Å². The molecule has 0 saturated carbocycles. The molecule has 4 nitrogen and oxygen atoms in total. The number of carbonyl (C=O) groups excluding carboxylic acids is 1. The highest BCUT2D eigenvalue weighted by Crippen LogP contribution is 2.18. The van der Waals surface area contributed by atoms with E-state index in [1.807, 2.05) is 30.3 Å². The molecule has 2 aromatic rings. The summed E-state index contributed by atoms with van der Waals surface area (Å²) in [7, 11) is 0. The van der Waals surface area contributed by atoms with Crippen LogP contribution in [0.25, 0.3) is 0 Å². The minimum absolute atomic E-state index is 0.0187. The molecule has 0 bridgehead atoms. The molecule has 0 spiro atoms. The van der Waals surface area contributed by atoms with Crippen LogP contribution in [-0.2, 0) is 0 Å². The van der Waals surface area contributed by atoms with Gasteiger partial charge in [0.1, 0.15) is 0 Å². The van der Waals surface area contributed by atoms with Gasteiger partial charge in [-0.3, -0.25) is 4.79 Å². The molecule has 2 N–H and O–H groups in total. The number of Topliss-reactive ketones (excluding diaryl/α,β-unsaturated/α-hetero) is 1. The maximum absolute atomic E-state index is 11.3. The van der Waals surface area contributed by atoms with E-state index in [1.54, 1.807) is 24.3 Å². The molecular formula is C14H13N3O. The van der Waals surface area contributed by atoms with Gasteiger partial charge in [-0.2, -0.15) is 10.2 Å². The first-order chi connectivity index (χ1) is 8.79. The zero-order valence-electron chi connectivity index (χ0n) is 9.78. The Morgan fingerprint density at radius 2 is 1.44 bits per heavy atom. The van der Waals surface area contributed by atoms with E-state index < -0.39 is 0 Å². The average Bonchev–Trinajstić information content (AvgIpc) is 2.46. The van der Waals surface area contributed by atoms with E-state index in [2.05, 4.69) is 10.2 Å². The Labute approximate surface area is 105 Å². The van der Waals surface area contributed by atoms with Crippen molar-refractivity contribution in [2.75, 3.05) is 6.54 Å². The van der Waals surface area contributed by atoms with E-state index in [0.717, 1.165) is 5.69 Å². The van der Waals surface area contributed by atoms with Gasteiger partial charge in [-0.05, 0) is 36.4 Å². The highest BCUT2D eigenvalue weighted by molar-refractivity contribution is 5.97. The molecule has 0 amide bonds. The maximum Gasteiger partial charge on any atom is 0.176 e. The molecule has 0 unspecified atom stereocenters. The number of hydrogen-bond donors (Lipinski definition) is 1. The molecule has 0 aromatic heterocycles. The lowest BCUT2D eigenvalue weighted by Crippen LogP contribution is -2.13. The predicted molar refractivity (Wildman–Crippen MR) is 70.4 cm³/mol. The van der Waals surface area contributed by atoms with Gasteiger partial charge in [0.2, 0.25) is 0 Å². The summed E-state index contributed by atoms with van der Waals surface area (Å²) in [5.41, 5.74) is 7.37. The zero-order chi connectivity index (χ0) is 12.8. The van der Waals surface area contributed by atoms with Crippen LogP contribution in [0.4, 0.5) is 11.4 Å². The number of benzene rings is 2. The van der Waals surface area contributed by atoms with Crippen LogP contribution < -0.4 is 5.73 Å². The van der Waals surface area contributed by atoms with Crippen LogP contribution in [-0.4, -0.2) is 12.3 Å². The Hall–Kier alpha value is -2.33. The lowest BCUT2D eigenvalue weighted by molar-refractivity contribution is 0.100. The highest BCUT2D eigenvalue weighted by atomic mass is 16.1. The van der Waals surface area contributed by atoms with Crippen LogP contribution in [0.1, 0.15) is 10.4 Å². The van der Waals surface area contributed by atoms with Crippen LogP contribution in [0.15, 0.2) is 64.8 Å². The number of azo groups is 1. The summed E-state index contributed by atoms with van der Waals surface area (Å²) >= 11 is 0. The third-order valence-electron chi connectivity index (χ3n) is 2.41. The third kappa shape index (κ3) is 3.09. The van der Waals surface area contributed by atoms with Crippen molar-refractivity contribution in [2.45, 2.75) is 0 Å². The van der Waals surface area contributed by atoms with E-state index >= 15 is 0 Å². The number of nitrogens with zero attached hydrogens (tertiary/aromatic N) is 2. The highest BCUT2D eigenvalue weighted by Gasteiger charge is 2.01. The Kier molecular flexibility index (Phi) is 3.94. The van der Waals surface area contributed by atoms with E-state index in [-0.39, 0.29) is 12.3 Å². The summed E-state index contributed by atoms with van der Waals surface area (Å²) < 4.78 is 0. The smallest absolute Gasteiger partial charge is 0.176 e. The number of nitrogens with two attached hydrogens (primary N) is 1. The zero-order valence-corrected chi connectivity index (χ0v) is 9.78. The normalized spacial score (nSPS) is 10.7. The largest absolute Gasteiger partial charge is 0.324 e. The van der Waals surface area contributed by atoms with Crippen molar-refractivity contribution in [3.8, 4) is 0 Å². The Bertz CT molecular complexity index is 547.